The standard InChI is InChI=1S/C23H26N4O2/c1-16-22(17(2)28)14-25-27(16)23-5-3-4-21(26-23)9-11-29-15-18-6-7-20-13-24-10-8-19(20)12-18/h3-7,12,14,24H,8-11,13,15H2,1-2H3. The van der Waals surface area contributed by atoms with E-state index in [9.17, 15) is 4.79 Å². The molecular weight excluding hydrogens is 364 g/mol. The van der Waals surface area contributed by atoms with Gasteiger partial charge in [-0.1, -0.05) is 24.3 Å². The summed E-state index contributed by atoms with van der Waals surface area (Å²) in [5, 5.41) is 7.71. The molecule has 0 bridgehead atoms. The summed E-state index contributed by atoms with van der Waals surface area (Å²) < 4.78 is 7.61. The zero-order chi connectivity index (χ0) is 20.2. The number of hydrogen-bond donors (Lipinski definition) is 1. The molecule has 0 atom stereocenters. The molecule has 0 saturated heterocycles. The Balaban J connectivity index is 1.35. The highest BCUT2D eigenvalue weighted by atomic mass is 16.5. The number of nitrogens with one attached hydrogen (secondary N) is 1. The van der Waals surface area contributed by atoms with Crippen LogP contribution in [-0.4, -0.2) is 33.7 Å². The number of rotatable bonds is 7. The maximum Gasteiger partial charge on any atom is 0.163 e. The molecule has 2 aromatic heterocycles. The number of carbonyl (C=O) groups is 1. The van der Waals surface area contributed by atoms with Crippen LogP contribution in [0.1, 0.15) is 45.4 Å². The number of aromatic nitrogens is 3. The van der Waals surface area contributed by atoms with Crippen LogP contribution in [0.4, 0.5) is 0 Å². The molecule has 3 heterocycles. The Morgan fingerprint density at radius 1 is 1.24 bits per heavy atom. The monoisotopic (exact) mass is 390 g/mol. The van der Waals surface area contributed by atoms with Crippen molar-refractivity contribution < 1.29 is 9.53 Å². The Morgan fingerprint density at radius 3 is 2.97 bits per heavy atom. The van der Waals surface area contributed by atoms with Gasteiger partial charge < -0.3 is 10.1 Å². The summed E-state index contributed by atoms with van der Waals surface area (Å²) in [6, 6.07) is 12.5. The fourth-order valence-electron chi connectivity index (χ4n) is 3.70. The number of benzene rings is 1. The maximum atomic E-state index is 11.7. The molecule has 1 aliphatic rings. The molecule has 6 heteroatoms. The fraction of sp³-hybridized carbons (Fsp3) is 0.348. The molecule has 4 rings (SSSR count). The van der Waals surface area contributed by atoms with Crippen LogP contribution in [0.5, 0.6) is 0 Å². The summed E-state index contributed by atoms with van der Waals surface area (Å²) in [5.74, 6) is 0.729. The molecule has 0 spiro atoms. The van der Waals surface area contributed by atoms with Gasteiger partial charge in [-0.3, -0.25) is 4.79 Å². The number of pyridine rings is 1. The van der Waals surface area contributed by atoms with Crippen molar-refractivity contribution >= 4 is 5.78 Å². The van der Waals surface area contributed by atoms with Gasteiger partial charge in [0.2, 0.25) is 0 Å². The predicted octanol–water partition coefficient (Wildman–Crippen LogP) is 3.18. The van der Waals surface area contributed by atoms with Crippen molar-refractivity contribution in [2.45, 2.75) is 39.8 Å². The molecule has 0 radical (unpaired) electrons. The largest absolute Gasteiger partial charge is 0.376 e. The van der Waals surface area contributed by atoms with Crippen molar-refractivity contribution in [3.8, 4) is 5.82 Å². The summed E-state index contributed by atoms with van der Waals surface area (Å²) >= 11 is 0. The first-order chi connectivity index (χ1) is 14.1. The van der Waals surface area contributed by atoms with E-state index in [4.69, 9.17) is 4.74 Å². The van der Waals surface area contributed by atoms with Crippen LogP contribution in [0.25, 0.3) is 5.82 Å². The van der Waals surface area contributed by atoms with Crippen LogP contribution >= 0.6 is 0 Å². The van der Waals surface area contributed by atoms with Gasteiger partial charge in [0.15, 0.2) is 11.6 Å². The molecule has 1 aromatic carbocycles. The predicted molar refractivity (Wildman–Crippen MR) is 111 cm³/mol. The molecule has 0 amide bonds. The van der Waals surface area contributed by atoms with Gasteiger partial charge in [-0.15, -0.1) is 0 Å². The van der Waals surface area contributed by atoms with E-state index >= 15 is 0 Å². The van der Waals surface area contributed by atoms with Gasteiger partial charge in [-0.2, -0.15) is 5.10 Å². The van der Waals surface area contributed by atoms with Crippen molar-refractivity contribution in [3.63, 3.8) is 0 Å². The smallest absolute Gasteiger partial charge is 0.163 e. The van der Waals surface area contributed by atoms with Gasteiger partial charge in [0, 0.05) is 18.7 Å². The van der Waals surface area contributed by atoms with E-state index in [2.05, 4.69) is 33.6 Å². The maximum absolute atomic E-state index is 11.7. The minimum Gasteiger partial charge on any atom is -0.376 e. The lowest BCUT2D eigenvalue weighted by molar-refractivity contribution is 0.101. The second-order valence-electron chi connectivity index (χ2n) is 7.43. The van der Waals surface area contributed by atoms with E-state index in [1.165, 1.54) is 16.7 Å². The van der Waals surface area contributed by atoms with Crippen molar-refractivity contribution in [1.29, 1.82) is 0 Å². The highest BCUT2D eigenvalue weighted by Crippen LogP contribution is 2.17. The molecule has 6 nitrogen and oxygen atoms in total. The molecule has 3 aromatic rings. The first-order valence-corrected chi connectivity index (χ1v) is 10.0. The van der Waals surface area contributed by atoms with Crippen LogP contribution in [-0.2, 0) is 30.7 Å². The van der Waals surface area contributed by atoms with Crippen molar-refractivity contribution in [1.82, 2.24) is 20.1 Å². The number of nitrogens with zero attached hydrogens (tertiary/aromatic N) is 3. The molecule has 0 unspecified atom stereocenters. The van der Waals surface area contributed by atoms with Gasteiger partial charge in [0.05, 0.1) is 30.7 Å². The second-order valence-corrected chi connectivity index (χ2v) is 7.43. The van der Waals surface area contributed by atoms with Gasteiger partial charge >= 0.3 is 0 Å². The van der Waals surface area contributed by atoms with E-state index in [-0.39, 0.29) is 5.78 Å². The van der Waals surface area contributed by atoms with E-state index in [0.717, 1.165) is 43.1 Å². The Bertz CT molecular complexity index is 1030. The summed E-state index contributed by atoms with van der Waals surface area (Å²) in [4.78, 5) is 16.3. The Kier molecular flexibility index (Phi) is 5.83. The van der Waals surface area contributed by atoms with E-state index in [1.807, 2.05) is 25.1 Å². The lowest BCUT2D eigenvalue weighted by Gasteiger charge is -2.17. The van der Waals surface area contributed by atoms with E-state index in [1.54, 1.807) is 17.8 Å². The molecule has 150 valence electrons. The number of fused-ring (bicyclic) bond motifs is 1. The highest BCUT2D eigenvalue weighted by molar-refractivity contribution is 5.94. The van der Waals surface area contributed by atoms with Gasteiger partial charge in [0.25, 0.3) is 0 Å². The first-order valence-electron chi connectivity index (χ1n) is 10.0. The summed E-state index contributed by atoms with van der Waals surface area (Å²) in [6.45, 7) is 6.66. The average Bonchev–Trinajstić information content (AvgIpc) is 3.13. The SMILES string of the molecule is CC(=O)c1cnn(-c2cccc(CCOCc3ccc4c(c3)CCNC4)n2)c1C. The summed E-state index contributed by atoms with van der Waals surface area (Å²) in [7, 11) is 0. The molecule has 1 aliphatic heterocycles. The minimum atomic E-state index is 0.0109. The topological polar surface area (TPSA) is 69.0 Å². The van der Waals surface area contributed by atoms with Crippen LogP contribution in [0.2, 0.25) is 0 Å². The quantitative estimate of drug-likeness (QED) is 0.496. The van der Waals surface area contributed by atoms with Crippen LogP contribution < -0.4 is 5.32 Å². The van der Waals surface area contributed by atoms with Crippen molar-refractivity contribution in [3.05, 3.63) is 76.2 Å². The third-order valence-corrected chi connectivity index (χ3v) is 5.33. The molecular formula is C23H26N4O2. The van der Waals surface area contributed by atoms with Crippen LogP contribution in [0.15, 0.2) is 42.6 Å². The number of ketones is 1. The number of carbonyl (C=O) groups excluding carboxylic acids is 1. The minimum absolute atomic E-state index is 0.0109. The van der Waals surface area contributed by atoms with E-state index < -0.39 is 0 Å². The Hall–Kier alpha value is -2.83. The zero-order valence-electron chi connectivity index (χ0n) is 16.9. The fourth-order valence-corrected chi connectivity index (χ4v) is 3.70. The Morgan fingerprint density at radius 2 is 2.14 bits per heavy atom. The average molecular weight is 390 g/mol. The number of Topliss-reactive ketones (excluding diaryl/α,β-unsaturated/α-hetero) is 1. The summed E-state index contributed by atoms with van der Waals surface area (Å²) in [5.41, 5.74) is 6.42. The molecule has 29 heavy (non-hydrogen) atoms. The van der Waals surface area contributed by atoms with Gasteiger partial charge in [0.1, 0.15) is 0 Å². The molecule has 0 aliphatic carbocycles. The Labute approximate surface area is 170 Å². The first kappa shape index (κ1) is 19.5. The molecule has 0 saturated carbocycles. The third kappa shape index (κ3) is 4.44. The molecule has 1 N–H and O–H groups in total. The lowest BCUT2D eigenvalue weighted by Crippen LogP contribution is -2.23. The highest BCUT2D eigenvalue weighted by Gasteiger charge is 2.13. The van der Waals surface area contributed by atoms with Gasteiger partial charge in [-0.25, -0.2) is 9.67 Å². The van der Waals surface area contributed by atoms with Gasteiger partial charge in [-0.05, 0) is 55.6 Å². The van der Waals surface area contributed by atoms with Crippen LogP contribution in [0, 0.1) is 6.92 Å². The van der Waals surface area contributed by atoms with E-state index in [0.29, 0.717) is 18.8 Å². The number of ether oxygens (including phenoxy) is 1. The van der Waals surface area contributed by atoms with Crippen LogP contribution in [0.3, 0.4) is 0 Å². The van der Waals surface area contributed by atoms with Crippen molar-refractivity contribution in [2.24, 2.45) is 0 Å². The van der Waals surface area contributed by atoms with Crippen molar-refractivity contribution in [2.75, 3.05) is 13.2 Å². The second kappa shape index (κ2) is 8.68. The third-order valence-electron chi connectivity index (χ3n) is 5.33. The number of hydrogen-bond acceptors (Lipinski definition) is 5. The zero-order valence-corrected chi connectivity index (χ0v) is 16.9. The lowest BCUT2D eigenvalue weighted by atomic mass is 9.99. The normalized spacial score (nSPS) is 13.3. The molecule has 0 fully saturated rings. The summed E-state index contributed by atoms with van der Waals surface area (Å²) in [6.07, 6.45) is 3.41.